The van der Waals surface area contributed by atoms with E-state index in [0.717, 1.165) is 6.29 Å². The third-order valence-corrected chi connectivity index (χ3v) is 2.08. The minimum Gasteiger partial charge on any atom is -0.496 e. The van der Waals surface area contributed by atoms with E-state index in [1.165, 1.54) is 13.2 Å². The Morgan fingerprint density at radius 3 is 2.76 bits per heavy atom. The fraction of sp³-hybridized carbons (Fsp3) is 0.231. The lowest BCUT2D eigenvalue weighted by atomic mass is 10.1. The van der Waals surface area contributed by atoms with Crippen LogP contribution in [0.2, 0.25) is 0 Å². The first-order valence-electron chi connectivity index (χ1n) is 5.19. The van der Waals surface area contributed by atoms with Crippen molar-refractivity contribution in [1.82, 2.24) is 0 Å². The van der Waals surface area contributed by atoms with Gasteiger partial charge < -0.3 is 9.47 Å². The number of ether oxygens (including phenoxy) is 2. The van der Waals surface area contributed by atoms with Crippen molar-refractivity contribution < 1.29 is 19.1 Å². The summed E-state index contributed by atoms with van der Waals surface area (Å²) < 4.78 is 9.88. The molecule has 4 heteroatoms. The van der Waals surface area contributed by atoms with Crippen LogP contribution in [-0.2, 0) is 9.53 Å². The van der Waals surface area contributed by atoms with E-state index in [2.05, 4.69) is 0 Å². The Kier molecular flexibility index (Phi) is 4.94. The number of esters is 1. The molecule has 0 spiro atoms. The Balaban J connectivity index is 2.90. The summed E-state index contributed by atoms with van der Waals surface area (Å²) in [5.41, 5.74) is 1.24. The standard InChI is InChI=1S/C13H14O4/c1-3-17-13(15)7-6-11-5-4-10(9-14)8-12(11)16-2/h4-9H,3H2,1-2H3/b7-6+. The first-order chi connectivity index (χ1) is 8.21. The summed E-state index contributed by atoms with van der Waals surface area (Å²) in [7, 11) is 1.51. The number of hydrogen-bond donors (Lipinski definition) is 0. The van der Waals surface area contributed by atoms with Crippen molar-refractivity contribution in [2.45, 2.75) is 6.92 Å². The van der Waals surface area contributed by atoms with Crippen LogP contribution in [0.4, 0.5) is 0 Å². The van der Waals surface area contributed by atoms with Crippen LogP contribution in [0.25, 0.3) is 6.08 Å². The molecule has 0 heterocycles. The average Bonchev–Trinajstić information content (AvgIpc) is 2.36. The number of aldehydes is 1. The van der Waals surface area contributed by atoms with Gasteiger partial charge in [-0.15, -0.1) is 0 Å². The SMILES string of the molecule is CCOC(=O)/C=C/c1ccc(C=O)cc1OC. The van der Waals surface area contributed by atoms with Gasteiger partial charge in [0.05, 0.1) is 13.7 Å². The van der Waals surface area contributed by atoms with Crippen molar-refractivity contribution in [2.24, 2.45) is 0 Å². The number of methoxy groups -OCH3 is 1. The zero-order chi connectivity index (χ0) is 12.7. The number of carbonyl (C=O) groups is 2. The van der Waals surface area contributed by atoms with Crippen molar-refractivity contribution >= 4 is 18.3 Å². The number of carbonyl (C=O) groups excluding carboxylic acids is 2. The molecule has 0 fully saturated rings. The molecule has 0 saturated carbocycles. The van der Waals surface area contributed by atoms with E-state index in [4.69, 9.17) is 9.47 Å². The van der Waals surface area contributed by atoms with Crippen LogP contribution in [0, 0.1) is 0 Å². The zero-order valence-electron chi connectivity index (χ0n) is 9.80. The highest BCUT2D eigenvalue weighted by molar-refractivity contribution is 5.88. The average molecular weight is 234 g/mol. The summed E-state index contributed by atoms with van der Waals surface area (Å²) in [6, 6.07) is 4.97. The molecule has 1 aromatic rings. The summed E-state index contributed by atoms with van der Waals surface area (Å²) in [6.45, 7) is 2.08. The van der Waals surface area contributed by atoms with E-state index < -0.39 is 5.97 Å². The third-order valence-electron chi connectivity index (χ3n) is 2.08. The lowest BCUT2D eigenvalue weighted by Gasteiger charge is -2.05. The Bertz CT molecular complexity index is 435. The number of benzene rings is 1. The van der Waals surface area contributed by atoms with Crippen molar-refractivity contribution in [1.29, 1.82) is 0 Å². The molecule has 1 rings (SSSR count). The third kappa shape index (κ3) is 3.75. The van der Waals surface area contributed by atoms with Gasteiger partial charge in [-0.2, -0.15) is 0 Å². The molecule has 0 unspecified atom stereocenters. The topological polar surface area (TPSA) is 52.6 Å². The molecule has 0 saturated heterocycles. The van der Waals surface area contributed by atoms with Crippen LogP contribution < -0.4 is 4.74 Å². The smallest absolute Gasteiger partial charge is 0.330 e. The summed E-state index contributed by atoms with van der Waals surface area (Å²) >= 11 is 0. The second-order valence-corrected chi connectivity index (χ2v) is 3.20. The molecule has 0 N–H and O–H groups in total. The van der Waals surface area contributed by atoms with Gasteiger partial charge in [-0.05, 0) is 19.1 Å². The quantitative estimate of drug-likeness (QED) is 0.444. The highest BCUT2D eigenvalue weighted by atomic mass is 16.5. The van der Waals surface area contributed by atoms with E-state index in [-0.39, 0.29) is 0 Å². The minimum atomic E-state index is -0.408. The fourth-order valence-corrected chi connectivity index (χ4v) is 1.29. The molecular weight excluding hydrogens is 220 g/mol. The molecule has 0 atom stereocenters. The summed E-state index contributed by atoms with van der Waals surface area (Å²) in [6.07, 6.45) is 3.65. The van der Waals surface area contributed by atoms with Crippen molar-refractivity contribution in [3.05, 3.63) is 35.4 Å². The highest BCUT2D eigenvalue weighted by Crippen LogP contribution is 2.20. The maximum atomic E-state index is 11.1. The van der Waals surface area contributed by atoms with Crippen LogP contribution in [0.5, 0.6) is 5.75 Å². The van der Waals surface area contributed by atoms with Gasteiger partial charge in [0.1, 0.15) is 12.0 Å². The van der Waals surface area contributed by atoms with Crippen LogP contribution >= 0.6 is 0 Å². The first-order valence-corrected chi connectivity index (χ1v) is 5.19. The first kappa shape index (κ1) is 13.0. The predicted octanol–water partition coefficient (Wildman–Crippen LogP) is 2.08. The monoisotopic (exact) mass is 234 g/mol. The summed E-state index contributed by atoms with van der Waals surface area (Å²) in [5.74, 6) is 0.129. The van der Waals surface area contributed by atoms with Gasteiger partial charge in [0.15, 0.2) is 0 Å². The predicted molar refractivity (Wildman–Crippen MR) is 64.0 cm³/mol. The number of rotatable bonds is 5. The second kappa shape index (κ2) is 6.48. The lowest BCUT2D eigenvalue weighted by molar-refractivity contribution is -0.137. The van der Waals surface area contributed by atoms with Crippen molar-refractivity contribution in [2.75, 3.05) is 13.7 Å². The van der Waals surface area contributed by atoms with E-state index in [0.29, 0.717) is 23.5 Å². The maximum absolute atomic E-state index is 11.1. The van der Waals surface area contributed by atoms with Gasteiger partial charge in [-0.25, -0.2) is 4.79 Å². The second-order valence-electron chi connectivity index (χ2n) is 3.20. The zero-order valence-corrected chi connectivity index (χ0v) is 9.80. The Morgan fingerprint density at radius 2 is 2.18 bits per heavy atom. The molecule has 90 valence electrons. The summed E-state index contributed by atoms with van der Waals surface area (Å²) in [4.78, 5) is 21.7. The maximum Gasteiger partial charge on any atom is 0.330 e. The normalized spacial score (nSPS) is 10.2. The molecule has 0 aromatic heterocycles. The van der Waals surface area contributed by atoms with Gasteiger partial charge in [-0.1, -0.05) is 12.1 Å². The minimum absolute atomic E-state index is 0.338. The van der Waals surface area contributed by atoms with Crippen molar-refractivity contribution in [3.8, 4) is 5.75 Å². The molecular formula is C13H14O4. The van der Waals surface area contributed by atoms with E-state index in [1.807, 2.05) is 0 Å². The molecule has 0 radical (unpaired) electrons. The van der Waals surface area contributed by atoms with Crippen LogP contribution in [0.15, 0.2) is 24.3 Å². The Morgan fingerprint density at radius 1 is 1.41 bits per heavy atom. The molecule has 0 aliphatic heterocycles. The molecule has 0 aliphatic carbocycles. The highest BCUT2D eigenvalue weighted by Gasteiger charge is 2.02. The van der Waals surface area contributed by atoms with Gasteiger partial charge >= 0.3 is 5.97 Å². The Labute approximate surface area is 99.8 Å². The van der Waals surface area contributed by atoms with E-state index >= 15 is 0 Å². The molecule has 0 aliphatic rings. The van der Waals surface area contributed by atoms with Gasteiger partial charge in [0.2, 0.25) is 0 Å². The van der Waals surface area contributed by atoms with E-state index in [9.17, 15) is 9.59 Å². The van der Waals surface area contributed by atoms with Crippen LogP contribution in [-0.4, -0.2) is 26.0 Å². The Hall–Kier alpha value is -2.10. The van der Waals surface area contributed by atoms with Gasteiger partial charge in [0.25, 0.3) is 0 Å². The van der Waals surface area contributed by atoms with Gasteiger partial charge in [0, 0.05) is 17.2 Å². The molecule has 4 nitrogen and oxygen atoms in total. The van der Waals surface area contributed by atoms with Crippen LogP contribution in [0.1, 0.15) is 22.8 Å². The largest absolute Gasteiger partial charge is 0.496 e. The van der Waals surface area contributed by atoms with Crippen molar-refractivity contribution in [3.63, 3.8) is 0 Å². The molecule has 17 heavy (non-hydrogen) atoms. The van der Waals surface area contributed by atoms with Crippen LogP contribution in [0.3, 0.4) is 0 Å². The summed E-state index contributed by atoms with van der Waals surface area (Å²) in [5, 5.41) is 0. The molecule has 0 amide bonds. The molecule has 1 aromatic carbocycles. The molecule has 0 bridgehead atoms. The fourth-order valence-electron chi connectivity index (χ4n) is 1.29. The van der Waals surface area contributed by atoms with E-state index in [1.54, 1.807) is 31.2 Å². The lowest BCUT2D eigenvalue weighted by Crippen LogP contribution is -1.99. The van der Waals surface area contributed by atoms with Gasteiger partial charge in [-0.3, -0.25) is 4.79 Å². The number of hydrogen-bond acceptors (Lipinski definition) is 4.